The molecule has 0 N–H and O–H groups in total. The SMILES string of the molecule is [2H]C(C)(C)c1cc(-c2[c-]cccc2)ncc1[Si](C)(C)C.[2H]c1nc(-c2[c-]ccc3c2oc2cc4c(ccc5ccccc54)cc23)c([2H])c(C([2H])([2H])C(C)C)c1[2H].[Ir]. The second-order valence-corrected chi connectivity index (χ2v) is 19.2. The van der Waals surface area contributed by atoms with Crippen LogP contribution in [0.4, 0.5) is 0 Å². The van der Waals surface area contributed by atoms with E-state index in [9.17, 15) is 0 Å². The van der Waals surface area contributed by atoms with Gasteiger partial charge in [0.25, 0.3) is 0 Å². The molecule has 259 valence electrons. The zero-order valence-electron chi connectivity index (χ0n) is 36.0. The maximum atomic E-state index is 8.82. The number of hydrogen-bond donors (Lipinski definition) is 0. The molecule has 0 aliphatic carbocycles. The van der Waals surface area contributed by atoms with Crippen molar-refractivity contribution in [1.29, 1.82) is 0 Å². The molecule has 0 amide bonds. The largest absolute Gasteiger partial charge is 0.501 e. The van der Waals surface area contributed by atoms with Crippen molar-refractivity contribution < 1.29 is 32.7 Å². The Balaban J connectivity index is 0.000000223. The molecule has 0 spiro atoms. The number of furan rings is 1. The molecule has 0 bridgehead atoms. The summed E-state index contributed by atoms with van der Waals surface area (Å²) in [4.78, 5) is 8.84. The minimum Gasteiger partial charge on any atom is -0.501 e. The second-order valence-electron chi connectivity index (χ2n) is 14.2. The van der Waals surface area contributed by atoms with E-state index in [0.717, 1.165) is 49.1 Å². The van der Waals surface area contributed by atoms with Crippen LogP contribution in [0.2, 0.25) is 19.6 Å². The van der Waals surface area contributed by atoms with Crippen LogP contribution < -0.4 is 5.19 Å². The standard InChI is InChI=1S/C29H22NO.C17H22NSi.Ir/c1-18(2)14-19-12-13-30-27(15-19)24-9-5-8-23-26-16-21-11-10-20-6-3-4-7-22(20)25(21)17-28(26)31-29(23)24;1-13(2)15-11-16(14-9-7-6-8-10-14)18-12-17(15)19(3,4)5;/h3-8,10-13,15-18H,14H2,1-2H3;6-9,11-13H,1-5H3;/q2*-1;/i12D,13D,14D2,15D;13D;. The van der Waals surface area contributed by atoms with E-state index in [0.29, 0.717) is 16.7 Å². The van der Waals surface area contributed by atoms with Crippen LogP contribution in [-0.4, -0.2) is 18.0 Å². The number of pyridine rings is 2. The summed E-state index contributed by atoms with van der Waals surface area (Å²) in [7, 11) is -1.50. The van der Waals surface area contributed by atoms with Gasteiger partial charge in [0.05, 0.1) is 17.8 Å². The molecular weight excluding hydrogens is 817 g/mol. The van der Waals surface area contributed by atoms with Crippen molar-refractivity contribution in [3.63, 3.8) is 0 Å². The minimum atomic E-state index is -1.97. The second kappa shape index (κ2) is 15.1. The van der Waals surface area contributed by atoms with Crippen molar-refractivity contribution in [2.75, 3.05) is 0 Å². The van der Waals surface area contributed by atoms with Crippen LogP contribution in [-0.2, 0) is 26.5 Å². The predicted octanol–water partition coefficient (Wildman–Crippen LogP) is 12.2. The molecule has 51 heavy (non-hydrogen) atoms. The smallest absolute Gasteiger partial charge is 0.121 e. The Labute approximate surface area is 325 Å². The van der Waals surface area contributed by atoms with Crippen LogP contribution in [0.1, 0.15) is 52.9 Å². The molecule has 0 aliphatic heterocycles. The van der Waals surface area contributed by atoms with E-state index < -0.39 is 26.3 Å². The summed E-state index contributed by atoms with van der Waals surface area (Å²) in [5.41, 5.74) is 4.49. The molecule has 0 atom stereocenters. The van der Waals surface area contributed by atoms with Crippen LogP contribution in [0.3, 0.4) is 0 Å². The van der Waals surface area contributed by atoms with E-state index in [1.165, 1.54) is 5.19 Å². The van der Waals surface area contributed by atoms with Gasteiger partial charge in [0.15, 0.2) is 0 Å². The average Bonchev–Trinajstić information content (AvgIpc) is 3.53. The predicted molar refractivity (Wildman–Crippen MR) is 215 cm³/mol. The molecule has 8 rings (SSSR count). The zero-order valence-corrected chi connectivity index (χ0v) is 33.3. The maximum Gasteiger partial charge on any atom is 0.121 e. The van der Waals surface area contributed by atoms with E-state index in [-0.39, 0.29) is 49.6 Å². The average molecular weight is 867 g/mol. The first-order valence-corrected chi connectivity index (χ1v) is 20.5. The van der Waals surface area contributed by atoms with Gasteiger partial charge in [-0.25, -0.2) is 0 Å². The summed E-state index contributed by atoms with van der Waals surface area (Å²) in [5, 5.41) is 7.44. The van der Waals surface area contributed by atoms with Crippen molar-refractivity contribution in [2.45, 2.75) is 59.6 Å². The van der Waals surface area contributed by atoms with Crippen LogP contribution in [0.25, 0.3) is 66.0 Å². The first-order valence-electron chi connectivity index (χ1n) is 20.0. The molecule has 3 heterocycles. The van der Waals surface area contributed by atoms with E-state index in [1.807, 2.05) is 68.6 Å². The van der Waals surface area contributed by atoms with Crippen molar-refractivity contribution in [1.82, 2.24) is 9.97 Å². The summed E-state index contributed by atoms with van der Waals surface area (Å²) in [6.45, 7) is 14.2. The third-order valence-electron chi connectivity index (χ3n) is 8.79. The molecule has 5 heteroatoms. The Morgan fingerprint density at radius 3 is 2.33 bits per heavy atom. The minimum absolute atomic E-state index is 0. The number of rotatable bonds is 6. The number of nitrogens with zero attached hydrogens (tertiary/aromatic N) is 2. The molecule has 0 fully saturated rings. The van der Waals surface area contributed by atoms with E-state index in [4.69, 9.17) is 12.6 Å². The van der Waals surface area contributed by atoms with Gasteiger partial charge in [-0.1, -0.05) is 118 Å². The maximum absolute atomic E-state index is 8.82. The number of fused-ring (bicyclic) bond motifs is 6. The number of aromatic nitrogens is 2. The quantitative estimate of drug-likeness (QED) is 0.0949. The number of benzene rings is 5. The van der Waals surface area contributed by atoms with Crippen LogP contribution >= 0.6 is 0 Å². The molecular formula is C46H44IrN2OSi-2. The van der Waals surface area contributed by atoms with Crippen molar-refractivity contribution in [3.05, 3.63) is 139 Å². The van der Waals surface area contributed by atoms with Gasteiger partial charge in [0.1, 0.15) is 5.58 Å². The number of hydrogen-bond acceptors (Lipinski definition) is 3. The van der Waals surface area contributed by atoms with E-state index >= 15 is 0 Å². The molecule has 3 aromatic heterocycles. The molecule has 3 nitrogen and oxygen atoms in total. The summed E-state index contributed by atoms with van der Waals surface area (Å²) in [5.74, 6) is -1.10. The van der Waals surface area contributed by atoms with Crippen molar-refractivity contribution in [2.24, 2.45) is 5.92 Å². The van der Waals surface area contributed by atoms with Crippen LogP contribution in [0.15, 0.2) is 120 Å². The molecule has 1 radical (unpaired) electrons. The molecule has 5 aromatic carbocycles. The monoisotopic (exact) mass is 867 g/mol. The molecule has 0 saturated heterocycles. The Bertz CT molecular complexity index is 2770. The van der Waals surface area contributed by atoms with Gasteiger partial charge in [-0.2, -0.15) is 0 Å². The van der Waals surface area contributed by atoms with Gasteiger partial charge in [-0.15, -0.1) is 54.1 Å². The molecule has 0 unspecified atom stereocenters. The van der Waals surface area contributed by atoms with Crippen molar-refractivity contribution >= 4 is 56.7 Å². The zero-order chi connectivity index (χ0) is 40.3. The van der Waals surface area contributed by atoms with Gasteiger partial charge in [-0.05, 0) is 74.5 Å². The summed E-state index contributed by atoms with van der Waals surface area (Å²) in [6, 6.07) is 35.8. The fourth-order valence-corrected chi connectivity index (χ4v) is 7.96. The Morgan fingerprint density at radius 2 is 1.59 bits per heavy atom. The van der Waals surface area contributed by atoms with Gasteiger partial charge in [-0.3, -0.25) is 0 Å². The van der Waals surface area contributed by atoms with Crippen LogP contribution in [0, 0.1) is 18.1 Å². The van der Waals surface area contributed by atoms with Gasteiger partial charge < -0.3 is 14.4 Å². The van der Waals surface area contributed by atoms with E-state index in [1.54, 1.807) is 19.9 Å². The fraction of sp³-hybridized carbons (Fsp3) is 0.217. The van der Waals surface area contributed by atoms with E-state index in [2.05, 4.69) is 78.1 Å². The molecule has 0 aliphatic rings. The van der Waals surface area contributed by atoms with Crippen LogP contribution in [0.5, 0.6) is 0 Å². The third-order valence-corrected chi connectivity index (χ3v) is 10.8. The Kier molecular flexibility index (Phi) is 8.62. The topological polar surface area (TPSA) is 38.9 Å². The van der Waals surface area contributed by atoms with Gasteiger partial charge >= 0.3 is 0 Å². The fourth-order valence-electron chi connectivity index (χ4n) is 6.38. The first-order chi connectivity index (χ1) is 26.4. The first kappa shape index (κ1) is 29.2. The van der Waals surface area contributed by atoms with Crippen molar-refractivity contribution in [3.8, 4) is 22.5 Å². The van der Waals surface area contributed by atoms with Gasteiger partial charge in [0.2, 0.25) is 0 Å². The summed E-state index contributed by atoms with van der Waals surface area (Å²) >= 11 is 0. The summed E-state index contributed by atoms with van der Waals surface area (Å²) < 4.78 is 57.2. The Morgan fingerprint density at radius 1 is 0.804 bits per heavy atom. The molecule has 0 saturated carbocycles. The normalized spacial score (nSPS) is 13.9. The van der Waals surface area contributed by atoms with Gasteiger partial charge in [0, 0.05) is 42.0 Å². The summed E-state index contributed by atoms with van der Waals surface area (Å²) in [6.07, 6.45) is -0.366. The third kappa shape index (κ3) is 7.62. The molecule has 8 aromatic rings. The Hall–Kier alpha value is -4.41.